The van der Waals surface area contributed by atoms with Gasteiger partial charge >= 0.3 is 5.97 Å². The number of aliphatic hydroxyl groups excluding tert-OH is 3. The highest BCUT2D eigenvalue weighted by atomic mass is 16.4. The number of carboxylic acid groups (broad SMARTS) is 1. The molecule has 0 aromatic carbocycles. The summed E-state index contributed by atoms with van der Waals surface area (Å²) in [5.41, 5.74) is 5.27. The van der Waals surface area contributed by atoms with Crippen LogP contribution in [0.15, 0.2) is 0 Å². The lowest BCUT2D eigenvalue weighted by atomic mass is 10.0. The molecule has 0 radical (unpaired) electrons. The van der Waals surface area contributed by atoms with Gasteiger partial charge in [0.05, 0.1) is 19.8 Å². The lowest BCUT2D eigenvalue weighted by Crippen LogP contribution is -2.59. The first-order chi connectivity index (χ1) is 12.1. The third-order valence-corrected chi connectivity index (χ3v) is 3.40. The van der Waals surface area contributed by atoms with E-state index in [0.717, 1.165) is 0 Å². The van der Waals surface area contributed by atoms with E-state index in [4.69, 9.17) is 15.9 Å². The molecule has 150 valence electrons. The van der Waals surface area contributed by atoms with Crippen LogP contribution in [0, 0.1) is 5.92 Å². The number of rotatable bonds is 11. The molecular formula is C14H26N4O8. The highest BCUT2D eigenvalue weighted by Crippen LogP contribution is 2.02. The Labute approximate surface area is 149 Å². The highest BCUT2D eigenvalue weighted by Gasteiger charge is 2.30. The second kappa shape index (κ2) is 11.4. The normalized spacial score (nSPS) is 15.5. The summed E-state index contributed by atoms with van der Waals surface area (Å²) in [5, 5.41) is 42.6. The largest absolute Gasteiger partial charge is 0.480 e. The summed E-state index contributed by atoms with van der Waals surface area (Å²) in [7, 11) is 0. The molecule has 0 bridgehead atoms. The van der Waals surface area contributed by atoms with Gasteiger partial charge in [-0.3, -0.25) is 14.4 Å². The maximum Gasteiger partial charge on any atom is 0.326 e. The first-order valence-corrected chi connectivity index (χ1v) is 7.81. The molecule has 0 spiro atoms. The van der Waals surface area contributed by atoms with Gasteiger partial charge in [0, 0.05) is 0 Å². The van der Waals surface area contributed by atoms with Gasteiger partial charge in [0.25, 0.3) is 0 Å². The number of aliphatic hydroxyl groups is 3. The van der Waals surface area contributed by atoms with Crippen LogP contribution in [-0.2, 0) is 19.2 Å². The van der Waals surface area contributed by atoms with Crippen molar-refractivity contribution in [2.45, 2.75) is 38.0 Å². The summed E-state index contributed by atoms with van der Waals surface area (Å²) in [6, 6.07) is -5.52. The minimum absolute atomic E-state index is 0.448. The molecule has 0 heterocycles. The Morgan fingerprint density at radius 1 is 0.808 bits per heavy atom. The molecule has 0 aliphatic heterocycles. The standard InChI is InChI=1S/C14H26N4O8/c1-6(2)10(14(25)26)18-13(24)9(5-21)17-12(23)8(4-20)16-11(22)7(15)3-19/h6-10,19-21H,3-5,15H2,1-2H3,(H,16,22)(H,17,23)(H,18,24)(H,25,26). The van der Waals surface area contributed by atoms with Gasteiger partial charge in [-0.2, -0.15) is 0 Å². The minimum atomic E-state index is -1.50. The van der Waals surface area contributed by atoms with E-state index in [1.807, 2.05) is 0 Å². The number of amides is 3. The highest BCUT2D eigenvalue weighted by molar-refractivity contribution is 5.94. The molecule has 12 nitrogen and oxygen atoms in total. The molecule has 0 aliphatic carbocycles. The number of nitrogens with two attached hydrogens (primary N) is 1. The summed E-state index contributed by atoms with van der Waals surface area (Å²) < 4.78 is 0. The average Bonchev–Trinajstić information content (AvgIpc) is 2.59. The van der Waals surface area contributed by atoms with E-state index in [-0.39, 0.29) is 0 Å². The Bertz CT molecular complexity index is 513. The van der Waals surface area contributed by atoms with Gasteiger partial charge in [0.2, 0.25) is 17.7 Å². The predicted molar refractivity (Wildman–Crippen MR) is 87.5 cm³/mol. The number of nitrogens with one attached hydrogen (secondary N) is 3. The molecule has 0 aromatic rings. The Balaban J connectivity index is 4.95. The molecule has 0 saturated heterocycles. The number of hydrogen-bond acceptors (Lipinski definition) is 8. The summed E-state index contributed by atoms with van der Waals surface area (Å²) in [4.78, 5) is 46.8. The van der Waals surface area contributed by atoms with Gasteiger partial charge in [-0.25, -0.2) is 4.79 Å². The molecule has 3 amide bonds. The van der Waals surface area contributed by atoms with Crippen molar-refractivity contribution in [2.75, 3.05) is 19.8 Å². The van der Waals surface area contributed by atoms with Crippen LogP contribution in [0.1, 0.15) is 13.8 Å². The van der Waals surface area contributed by atoms with Crippen LogP contribution < -0.4 is 21.7 Å². The van der Waals surface area contributed by atoms with E-state index in [1.54, 1.807) is 13.8 Å². The zero-order valence-electron chi connectivity index (χ0n) is 14.5. The van der Waals surface area contributed by atoms with Gasteiger partial charge in [-0.05, 0) is 5.92 Å². The topological polar surface area (TPSA) is 211 Å². The number of carbonyl (C=O) groups excluding carboxylic acids is 3. The maximum atomic E-state index is 12.1. The Morgan fingerprint density at radius 2 is 1.23 bits per heavy atom. The second-order valence-electron chi connectivity index (χ2n) is 5.85. The lowest BCUT2D eigenvalue weighted by molar-refractivity contribution is -0.144. The Hall–Kier alpha value is -2.28. The van der Waals surface area contributed by atoms with Crippen molar-refractivity contribution >= 4 is 23.7 Å². The lowest BCUT2D eigenvalue weighted by Gasteiger charge is -2.24. The van der Waals surface area contributed by atoms with Crippen LogP contribution in [0.2, 0.25) is 0 Å². The first-order valence-electron chi connectivity index (χ1n) is 7.81. The predicted octanol–water partition coefficient (Wildman–Crippen LogP) is -4.51. The first kappa shape index (κ1) is 23.7. The van der Waals surface area contributed by atoms with Crippen LogP contribution in [0.25, 0.3) is 0 Å². The van der Waals surface area contributed by atoms with E-state index in [2.05, 4.69) is 16.0 Å². The van der Waals surface area contributed by atoms with E-state index >= 15 is 0 Å². The van der Waals surface area contributed by atoms with Crippen molar-refractivity contribution in [1.29, 1.82) is 0 Å². The number of carboxylic acids is 1. The molecule has 0 aliphatic rings. The minimum Gasteiger partial charge on any atom is -0.480 e. The van der Waals surface area contributed by atoms with Crippen LogP contribution in [0.4, 0.5) is 0 Å². The fourth-order valence-electron chi connectivity index (χ4n) is 1.79. The van der Waals surface area contributed by atoms with Gasteiger partial charge in [-0.15, -0.1) is 0 Å². The SMILES string of the molecule is CC(C)C(NC(=O)C(CO)NC(=O)C(CO)NC(=O)C(N)CO)C(=O)O. The third-order valence-electron chi connectivity index (χ3n) is 3.40. The number of aliphatic carboxylic acids is 1. The average molecular weight is 378 g/mol. The smallest absolute Gasteiger partial charge is 0.326 e. The molecular weight excluding hydrogens is 352 g/mol. The molecule has 26 heavy (non-hydrogen) atoms. The summed E-state index contributed by atoms with van der Waals surface area (Å²) in [6.45, 7) is 0.767. The monoisotopic (exact) mass is 378 g/mol. The molecule has 0 aromatic heterocycles. The fourth-order valence-corrected chi connectivity index (χ4v) is 1.79. The van der Waals surface area contributed by atoms with E-state index in [0.29, 0.717) is 0 Å². The Kier molecular flexibility index (Phi) is 10.4. The summed E-state index contributed by atoms with van der Waals surface area (Å²) >= 11 is 0. The van der Waals surface area contributed by atoms with Crippen LogP contribution in [0.3, 0.4) is 0 Å². The van der Waals surface area contributed by atoms with Crippen molar-refractivity contribution in [3.63, 3.8) is 0 Å². The van der Waals surface area contributed by atoms with Crippen molar-refractivity contribution in [3.8, 4) is 0 Å². The molecule has 0 rings (SSSR count). The maximum absolute atomic E-state index is 12.1. The molecule has 9 N–H and O–H groups in total. The van der Waals surface area contributed by atoms with Crippen molar-refractivity contribution < 1.29 is 39.6 Å². The van der Waals surface area contributed by atoms with E-state index in [9.17, 15) is 29.4 Å². The van der Waals surface area contributed by atoms with Crippen molar-refractivity contribution in [3.05, 3.63) is 0 Å². The van der Waals surface area contributed by atoms with Crippen LogP contribution >= 0.6 is 0 Å². The Morgan fingerprint density at radius 3 is 1.58 bits per heavy atom. The van der Waals surface area contributed by atoms with Crippen LogP contribution in [-0.4, -0.2) is 88.1 Å². The van der Waals surface area contributed by atoms with E-state index < -0.39 is 73.6 Å². The molecule has 4 atom stereocenters. The zero-order valence-corrected chi connectivity index (χ0v) is 14.5. The molecule has 0 saturated carbocycles. The van der Waals surface area contributed by atoms with Gasteiger partial charge < -0.3 is 42.1 Å². The molecule has 0 fully saturated rings. The molecule has 4 unspecified atom stereocenters. The van der Waals surface area contributed by atoms with E-state index in [1.165, 1.54) is 0 Å². The zero-order chi connectivity index (χ0) is 20.4. The second-order valence-corrected chi connectivity index (χ2v) is 5.85. The summed E-state index contributed by atoms with van der Waals surface area (Å²) in [6.07, 6.45) is 0. The van der Waals surface area contributed by atoms with Gasteiger partial charge in [0.1, 0.15) is 24.2 Å². The molecule has 12 heteroatoms. The quantitative estimate of drug-likeness (QED) is 0.174. The van der Waals surface area contributed by atoms with Gasteiger partial charge in [-0.1, -0.05) is 13.8 Å². The van der Waals surface area contributed by atoms with Crippen molar-refractivity contribution in [1.82, 2.24) is 16.0 Å². The van der Waals surface area contributed by atoms with Crippen LogP contribution in [0.5, 0.6) is 0 Å². The van der Waals surface area contributed by atoms with Gasteiger partial charge in [0.15, 0.2) is 0 Å². The number of carbonyl (C=O) groups is 4. The van der Waals surface area contributed by atoms with Crippen molar-refractivity contribution in [2.24, 2.45) is 11.7 Å². The third kappa shape index (κ3) is 7.31. The fraction of sp³-hybridized carbons (Fsp3) is 0.714. The number of hydrogen-bond donors (Lipinski definition) is 8. The summed E-state index contributed by atoms with van der Waals surface area (Å²) in [5.74, 6) is -4.59.